The molecule has 1 rings (SSSR count). The summed E-state index contributed by atoms with van der Waals surface area (Å²) in [6.45, 7) is 3.24. The Bertz CT molecular complexity index is 334. The van der Waals surface area contributed by atoms with Gasteiger partial charge in [-0.2, -0.15) is 0 Å². The van der Waals surface area contributed by atoms with E-state index in [1.165, 1.54) is 0 Å². The van der Waals surface area contributed by atoms with E-state index in [0.29, 0.717) is 0 Å². The molecule has 0 saturated carbocycles. The van der Waals surface area contributed by atoms with Crippen molar-refractivity contribution in [2.24, 2.45) is 5.92 Å². The van der Waals surface area contributed by atoms with Crippen LogP contribution in [0.1, 0.15) is 19.4 Å². The number of aliphatic hydroxyl groups excluding tert-OH is 1. The molecule has 82 valence electrons. The number of aliphatic hydroxyl groups is 1. The van der Waals surface area contributed by atoms with E-state index >= 15 is 0 Å². The van der Waals surface area contributed by atoms with Crippen LogP contribution in [0, 0.1) is 5.92 Å². The van der Waals surface area contributed by atoms with E-state index in [9.17, 15) is 9.90 Å². The lowest BCUT2D eigenvalue weighted by molar-refractivity contribution is -0.145. The van der Waals surface area contributed by atoms with E-state index in [1.54, 1.807) is 38.1 Å². The summed E-state index contributed by atoms with van der Waals surface area (Å²) in [6.07, 6.45) is 0. The normalized spacial score (nSPS) is 16.7. The van der Waals surface area contributed by atoms with Crippen LogP contribution in [-0.2, 0) is 10.2 Å². The number of hydrogen-bond donors (Lipinski definition) is 2. The van der Waals surface area contributed by atoms with Gasteiger partial charge >= 0.3 is 5.97 Å². The molecular weight excluding hydrogens is 192 g/mol. The molecular formula is C12H16O3. The van der Waals surface area contributed by atoms with Crippen LogP contribution in [0.4, 0.5) is 0 Å². The highest BCUT2D eigenvalue weighted by atomic mass is 16.4. The molecule has 0 amide bonds. The Morgan fingerprint density at radius 3 is 2.33 bits per heavy atom. The largest absolute Gasteiger partial charge is 0.481 e. The second kappa shape index (κ2) is 4.45. The molecule has 3 nitrogen and oxygen atoms in total. The minimum atomic E-state index is -1.03. The van der Waals surface area contributed by atoms with Crippen molar-refractivity contribution in [3.63, 3.8) is 0 Å². The predicted molar refractivity (Wildman–Crippen MR) is 57.7 cm³/mol. The Morgan fingerprint density at radius 2 is 1.93 bits per heavy atom. The van der Waals surface area contributed by atoms with Gasteiger partial charge in [-0.25, -0.2) is 0 Å². The Hall–Kier alpha value is -1.35. The van der Waals surface area contributed by atoms with Gasteiger partial charge in [-0.15, -0.1) is 0 Å². The number of benzene rings is 1. The van der Waals surface area contributed by atoms with E-state index < -0.39 is 11.4 Å². The van der Waals surface area contributed by atoms with Crippen LogP contribution < -0.4 is 0 Å². The number of rotatable bonds is 4. The van der Waals surface area contributed by atoms with Crippen LogP contribution in [0.15, 0.2) is 30.3 Å². The van der Waals surface area contributed by atoms with Gasteiger partial charge in [0.25, 0.3) is 0 Å². The van der Waals surface area contributed by atoms with Crippen molar-refractivity contribution in [2.75, 3.05) is 6.61 Å². The summed E-state index contributed by atoms with van der Waals surface area (Å²) in [5.74, 6) is -1.23. The molecule has 0 heterocycles. The second-order valence-corrected chi connectivity index (χ2v) is 3.96. The van der Waals surface area contributed by atoms with Gasteiger partial charge in [-0.3, -0.25) is 4.79 Å². The van der Waals surface area contributed by atoms with Crippen LogP contribution in [0.2, 0.25) is 0 Å². The highest BCUT2D eigenvalue weighted by Gasteiger charge is 2.40. The number of carbonyl (C=O) groups is 1. The zero-order chi connectivity index (χ0) is 11.5. The van der Waals surface area contributed by atoms with E-state index in [0.717, 1.165) is 5.56 Å². The highest BCUT2D eigenvalue weighted by Crippen LogP contribution is 2.32. The highest BCUT2D eigenvalue weighted by molar-refractivity contribution is 5.81. The molecule has 0 saturated heterocycles. The lowest BCUT2D eigenvalue weighted by atomic mass is 9.73. The third-order valence-electron chi connectivity index (χ3n) is 3.08. The first kappa shape index (κ1) is 11.7. The zero-order valence-corrected chi connectivity index (χ0v) is 8.97. The molecule has 2 N–H and O–H groups in total. The number of aliphatic carboxylic acids is 1. The third-order valence-corrected chi connectivity index (χ3v) is 3.08. The van der Waals surface area contributed by atoms with Gasteiger partial charge < -0.3 is 10.2 Å². The molecule has 0 aliphatic rings. The van der Waals surface area contributed by atoms with E-state index in [1.807, 2.05) is 6.07 Å². The molecule has 15 heavy (non-hydrogen) atoms. The summed E-state index contributed by atoms with van der Waals surface area (Å²) >= 11 is 0. The van der Waals surface area contributed by atoms with Crippen molar-refractivity contribution >= 4 is 5.97 Å². The van der Waals surface area contributed by atoms with Gasteiger partial charge in [0.2, 0.25) is 0 Å². The molecule has 0 spiro atoms. The number of hydrogen-bond acceptors (Lipinski definition) is 2. The van der Waals surface area contributed by atoms with E-state index in [2.05, 4.69) is 0 Å². The van der Waals surface area contributed by atoms with Gasteiger partial charge in [0.1, 0.15) is 0 Å². The standard InChI is InChI=1S/C12H16O3/c1-9(8-13)12(2,11(14)15)10-6-4-3-5-7-10/h3-7,9,13H,8H2,1-2H3,(H,14,15). The first-order valence-electron chi connectivity index (χ1n) is 4.93. The number of carboxylic acid groups (broad SMARTS) is 1. The summed E-state index contributed by atoms with van der Waals surface area (Å²) < 4.78 is 0. The first-order valence-corrected chi connectivity index (χ1v) is 4.93. The summed E-state index contributed by atoms with van der Waals surface area (Å²) in [4.78, 5) is 11.3. The minimum Gasteiger partial charge on any atom is -0.481 e. The van der Waals surface area contributed by atoms with Crippen molar-refractivity contribution in [1.82, 2.24) is 0 Å². The van der Waals surface area contributed by atoms with E-state index in [4.69, 9.17) is 5.11 Å². The fourth-order valence-electron chi connectivity index (χ4n) is 1.59. The molecule has 0 aliphatic heterocycles. The molecule has 2 atom stereocenters. The second-order valence-electron chi connectivity index (χ2n) is 3.96. The van der Waals surface area contributed by atoms with Crippen LogP contribution in [-0.4, -0.2) is 22.8 Å². The molecule has 0 bridgehead atoms. The molecule has 0 aromatic heterocycles. The lowest BCUT2D eigenvalue weighted by Gasteiger charge is -2.30. The summed E-state index contributed by atoms with van der Waals surface area (Å²) in [6, 6.07) is 9.01. The topological polar surface area (TPSA) is 57.5 Å². The molecule has 1 aromatic carbocycles. The summed E-state index contributed by atoms with van der Waals surface area (Å²) in [5, 5.41) is 18.4. The molecule has 1 aromatic rings. The Labute approximate surface area is 89.4 Å². The number of carboxylic acids is 1. The van der Waals surface area contributed by atoms with Crippen molar-refractivity contribution < 1.29 is 15.0 Å². The van der Waals surface area contributed by atoms with Crippen molar-refractivity contribution in [3.05, 3.63) is 35.9 Å². The first-order chi connectivity index (χ1) is 7.03. The van der Waals surface area contributed by atoms with Crippen LogP contribution in [0.3, 0.4) is 0 Å². The third kappa shape index (κ3) is 2.02. The maximum Gasteiger partial charge on any atom is 0.314 e. The quantitative estimate of drug-likeness (QED) is 0.791. The van der Waals surface area contributed by atoms with Crippen molar-refractivity contribution in [1.29, 1.82) is 0 Å². The maximum absolute atomic E-state index is 11.3. The zero-order valence-electron chi connectivity index (χ0n) is 8.97. The monoisotopic (exact) mass is 208 g/mol. The Morgan fingerprint density at radius 1 is 1.40 bits per heavy atom. The van der Waals surface area contributed by atoms with Gasteiger partial charge in [-0.1, -0.05) is 37.3 Å². The Kier molecular flexibility index (Phi) is 3.48. The van der Waals surface area contributed by atoms with Gasteiger partial charge in [-0.05, 0) is 18.4 Å². The maximum atomic E-state index is 11.3. The van der Waals surface area contributed by atoms with Crippen molar-refractivity contribution in [3.8, 4) is 0 Å². The van der Waals surface area contributed by atoms with Gasteiger partial charge in [0.15, 0.2) is 0 Å². The van der Waals surface area contributed by atoms with Crippen LogP contribution >= 0.6 is 0 Å². The average molecular weight is 208 g/mol. The minimum absolute atomic E-state index is 0.141. The molecule has 3 heteroatoms. The lowest BCUT2D eigenvalue weighted by Crippen LogP contribution is -2.40. The van der Waals surface area contributed by atoms with E-state index in [-0.39, 0.29) is 12.5 Å². The fourth-order valence-corrected chi connectivity index (χ4v) is 1.59. The van der Waals surface area contributed by atoms with Gasteiger partial charge in [0.05, 0.1) is 5.41 Å². The smallest absolute Gasteiger partial charge is 0.314 e. The van der Waals surface area contributed by atoms with Gasteiger partial charge in [0, 0.05) is 6.61 Å². The average Bonchev–Trinajstić information content (AvgIpc) is 2.27. The fraction of sp³-hybridized carbons (Fsp3) is 0.417. The molecule has 0 fully saturated rings. The van der Waals surface area contributed by atoms with Crippen LogP contribution in [0.5, 0.6) is 0 Å². The molecule has 0 aliphatic carbocycles. The van der Waals surface area contributed by atoms with Crippen molar-refractivity contribution in [2.45, 2.75) is 19.3 Å². The van der Waals surface area contributed by atoms with Crippen LogP contribution in [0.25, 0.3) is 0 Å². The SMILES string of the molecule is CC(CO)C(C)(C(=O)O)c1ccccc1. The molecule has 2 unspecified atom stereocenters. The predicted octanol–water partition coefficient (Wildman–Crippen LogP) is 1.66. The summed E-state index contributed by atoms with van der Waals surface area (Å²) in [7, 11) is 0. The Balaban J connectivity index is 3.19. The summed E-state index contributed by atoms with van der Waals surface area (Å²) in [5.41, 5.74) is -0.310. The molecule has 0 radical (unpaired) electrons.